The first kappa shape index (κ1) is 48.9. The number of nitrogens with zero attached hydrogens (tertiary/aromatic N) is 5. The lowest BCUT2D eigenvalue weighted by atomic mass is 9.97. The zero-order valence-electron chi connectivity index (χ0n) is 40.5. The van der Waals surface area contributed by atoms with Gasteiger partial charge in [0.05, 0.1) is 36.0 Å². The molecule has 4 aliphatic rings. The van der Waals surface area contributed by atoms with E-state index in [2.05, 4.69) is 70.7 Å². The molecule has 10 heterocycles. The number of nitrogens with one attached hydrogen (secondary N) is 2. The third kappa shape index (κ3) is 9.22. The van der Waals surface area contributed by atoms with Crippen molar-refractivity contribution in [1.82, 2.24) is 19.9 Å². The van der Waals surface area contributed by atoms with E-state index < -0.39 is 74.6 Å². The summed E-state index contributed by atoms with van der Waals surface area (Å²) < 4.78 is 29.2. The Hall–Kier alpha value is -7.33. The average molecular weight is 1000 g/mol. The van der Waals surface area contributed by atoms with Gasteiger partial charge in [0.15, 0.2) is 43.5 Å². The molecule has 8 bridgehead atoms. The topological polar surface area (TPSA) is 248 Å². The van der Waals surface area contributed by atoms with Crippen molar-refractivity contribution in [3.05, 3.63) is 145 Å². The van der Waals surface area contributed by atoms with Crippen molar-refractivity contribution >= 4 is 46.4 Å². The maximum Gasteiger partial charge on any atom is 0.229 e. The normalized spacial score (nSPS) is 24.6. The van der Waals surface area contributed by atoms with Gasteiger partial charge in [-0.3, -0.25) is 0 Å². The molecule has 7 aromatic rings. The fraction of sp³-hybridized carbons (Fsp3) is 0.268. The van der Waals surface area contributed by atoms with Crippen molar-refractivity contribution in [3.63, 3.8) is 0 Å². The first-order chi connectivity index (χ1) is 35.8. The molecule has 0 spiro atoms. The maximum atomic E-state index is 11.3. The summed E-state index contributed by atoms with van der Waals surface area (Å²) in [6.45, 7) is -1.41. The number of H-pyrrole nitrogens is 2. The fourth-order valence-corrected chi connectivity index (χ4v) is 9.91. The lowest BCUT2D eigenvalue weighted by Crippen LogP contribution is -2.65. The Morgan fingerprint density at radius 3 is 1.30 bits per heavy atom. The molecule has 2 fully saturated rings. The Kier molecular flexibility index (Phi) is 13.3. The molecule has 74 heavy (non-hydrogen) atoms. The standard InChI is InChI=1S/C56H55N7O11/c1-61-22-16-31(17-23-61)46-37-10-8-35(57-37)45(30-4-6-34(7-5-30)71-55-53(70)51(68)54(44(29-65)73-55)74-56-52(69)50(67)49(66)43(28-64)72-56)36-9-11-38(58-36)47(32-18-24-62(2)25-19-32)40-13-15-42(60-40)48(41-14-12-39(46)59-41)33-20-26-63(3)27-21-33/h4-27,43-44,49-56,64-70H,28-29H2,1-3H3,(H,57,58,59,60)/q+2/p+1/t43-,44-,49-,50+,51-,52-,53-,54-,55-,56-/m1/s1. The quantitative estimate of drug-likeness (QED) is 0.0897. The predicted octanol–water partition coefficient (Wildman–Crippen LogP) is 2.80. The second kappa shape index (κ2) is 20.2. The molecule has 10 atom stereocenters. The van der Waals surface area contributed by atoms with E-state index in [0.29, 0.717) is 0 Å². The number of fused-ring (bicyclic) bond motifs is 8. The fourth-order valence-electron chi connectivity index (χ4n) is 9.91. The zero-order valence-corrected chi connectivity index (χ0v) is 40.5. The predicted molar refractivity (Wildman–Crippen MR) is 271 cm³/mol. The van der Waals surface area contributed by atoms with Crippen LogP contribution in [0.15, 0.2) is 122 Å². The van der Waals surface area contributed by atoms with Crippen LogP contribution in [0, 0.1) is 0 Å². The molecule has 1 aromatic carbocycles. The highest BCUT2D eigenvalue weighted by Gasteiger charge is 2.51. The number of aryl methyl sites for hydroxylation is 3. The molecular formula is C56H56N7O11+3. The molecule has 18 nitrogen and oxygen atoms in total. The number of rotatable bonds is 10. The number of aromatic amines is 2. The highest BCUT2D eigenvalue weighted by Crippen LogP contribution is 2.39. The van der Waals surface area contributed by atoms with Crippen molar-refractivity contribution in [2.24, 2.45) is 21.1 Å². The van der Waals surface area contributed by atoms with Crippen LogP contribution in [-0.2, 0) is 35.4 Å². The molecule has 0 saturated carbocycles. The molecule has 2 saturated heterocycles. The Morgan fingerprint density at radius 2 is 0.838 bits per heavy atom. The van der Waals surface area contributed by atoms with E-state index in [9.17, 15) is 35.7 Å². The summed E-state index contributed by atoms with van der Waals surface area (Å²) in [6.07, 6.45) is 4.39. The Morgan fingerprint density at radius 1 is 0.446 bits per heavy atom. The van der Waals surface area contributed by atoms with Crippen molar-refractivity contribution in [2.75, 3.05) is 13.2 Å². The van der Waals surface area contributed by atoms with Gasteiger partial charge < -0.3 is 64.7 Å². The molecule has 0 aliphatic carbocycles. The van der Waals surface area contributed by atoms with Crippen LogP contribution >= 0.6 is 0 Å². The summed E-state index contributed by atoms with van der Waals surface area (Å²) in [5.74, 6) is 0.264. The summed E-state index contributed by atoms with van der Waals surface area (Å²) in [7, 11) is 5.95. The smallest absolute Gasteiger partial charge is 0.229 e. The number of aliphatic hydroxyl groups excluding tert-OH is 7. The third-order valence-electron chi connectivity index (χ3n) is 13.9. The lowest BCUT2D eigenvalue weighted by Gasteiger charge is -2.45. The molecular weight excluding hydrogens is 947 g/mol. The number of aliphatic hydroxyl groups is 7. The van der Waals surface area contributed by atoms with Crippen LogP contribution in [-0.4, -0.2) is 130 Å². The van der Waals surface area contributed by atoms with Crippen LogP contribution in [0.25, 0.3) is 90.9 Å². The van der Waals surface area contributed by atoms with Crippen molar-refractivity contribution in [2.45, 2.75) is 61.4 Å². The largest absolute Gasteiger partial charge is 0.462 e. The Bertz CT molecular complexity index is 3290. The van der Waals surface area contributed by atoms with Crippen LogP contribution in [0.4, 0.5) is 0 Å². The minimum absolute atomic E-state index is 0.264. The second-order valence-corrected chi connectivity index (χ2v) is 18.9. The summed E-state index contributed by atoms with van der Waals surface area (Å²) in [5, 5.41) is 73.7. The van der Waals surface area contributed by atoms with Crippen LogP contribution < -0.4 is 18.4 Å². The molecule has 0 amide bonds. The van der Waals surface area contributed by atoms with Crippen LogP contribution in [0.3, 0.4) is 0 Å². The van der Waals surface area contributed by atoms with Gasteiger partial charge in [0.25, 0.3) is 0 Å². The summed E-state index contributed by atoms with van der Waals surface area (Å²) >= 11 is 0. The highest BCUT2D eigenvalue weighted by molar-refractivity contribution is 6.00. The highest BCUT2D eigenvalue weighted by atomic mass is 16.7. The summed E-state index contributed by atoms with van der Waals surface area (Å²) in [5.41, 5.74) is 13.5. The number of benzene rings is 1. The minimum atomic E-state index is -1.79. The van der Waals surface area contributed by atoms with Crippen molar-refractivity contribution in [3.8, 4) is 50.3 Å². The van der Waals surface area contributed by atoms with Gasteiger partial charge in [0.1, 0.15) is 75.7 Å². The molecule has 4 aliphatic heterocycles. The Labute approximate surface area is 424 Å². The van der Waals surface area contributed by atoms with E-state index in [1.165, 1.54) is 0 Å². The van der Waals surface area contributed by atoms with Gasteiger partial charge in [-0.15, -0.1) is 0 Å². The van der Waals surface area contributed by atoms with Gasteiger partial charge in [0.2, 0.25) is 6.29 Å². The average Bonchev–Trinajstić information content (AvgIpc) is 4.27. The Balaban J connectivity index is 1.03. The van der Waals surface area contributed by atoms with E-state index in [4.69, 9.17) is 28.9 Å². The number of aromatic nitrogens is 7. The molecule has 378 valence electrons. The van der Waals surface area contributed by atoms with Gasteiger partial charge in [-0.1, -0.05) is 12.1 Å². The molecule has 6 aromatic heterocycles. The molecule has 0 radical (unpaired) electrons. The van der Waals surface area contributed by atoms with Gasteiger partial charge in [-0.05, 0) is 83.0 Å². The maximum absolute atomic E-state index is 11.3. The van der Waals surface area contributed by atoms with E-state index in [-0.39, 0.29) is 5.75 Å². The van der Waals surface area contributed by atoms with Gasteiger partial charge >= 0.3 is 0 Å². The third-order valence-corrected chi connectivity index (χ3v) is 13.9. The van der Waals surface area contributed by atoms with Gasteiger partial charge in [-0.25, -0.2) is 23.7 Å². The van der Waals surface area contributed by atoms with Gasteiger partial charge in [-0.2, -0.15) is 0 Å². The number of pyridine rings is 3. The van der Waals surface area contributed by atoms with Crippen LogP contribution in [0.5, 0.6) is 5.75 Å². The SMILES string of the molecule is C[n+]1ccc(-c2c3nc(c(-c4cc[n+](C)cc4)c4ccc([nH]4)c(-c4ccc(O[C@@H]5O[C@H](CO)[C@@H](O[C@H]6O[C@H](CO)[C@@H](O)[C@H](O)[C@H]6O)[C@H](O)[C@H]5O)cc4)c4ccc([nH]4)c(-c4cc[n+](C)cc4)c4nc2C=C4)C=C3)cc1. The summed E-state index contributed by atoms with van der Waals surface area (Å²) in [4.78, 5) is 18.3. The molecule has 9 N–H and O–H groups in total. The van der Waals surface area contributed by atoms with Crippen LogP contribution in [0.2, 0.25) is 0 Å². The number of ether oxygens (including phenoxy) is 4. The first-order valence-corrected chi connectivity index (χ1v) is 24.2. The van der Waals surface area contributed by atoms with Crippen LogP contribution in [0.1, 0.15) is 22.8 Å². The number of hydrogen-bond donors (Lipinski definition) is 9. The van der Waals surface area contributed by atoms with Gasteiger partial charge in [0, 0.05) is 80.7 Å². The molecule has 18 heteroatoms. The van der Waals surface area contributed by atoms with E-state index in [0.717, 1.165) is 89.4 Å². The first-order valence-electron chi connectivity index (χ1n) is 24.2. The van der Waals surface area contributed by atoms with Crippen molar-refractivity contribution < 1.29 is 68.4 Å². The zero-order chi connectivity index (χ0) is 51.4. The number of hydrogen-bond acceptors (Lipinski definition) is 13. The lowest BCUT2D eigenvalue weighted by molar-refractivity contribution is -0.671. The summed E-state index contributed by atoms with van der Waals surface area (Å²) in [6, 6.07) is 27.8. The van der Waals surface area contributed by atoms with E-state index in [1.54, 1.807) is 12.1 Å². The van der Waals surface area contributed by atoms with E-state index >= 15 is 0 Å². The molecule has 11 rings (SSSR count). The molecule has 0 unspecified atom stereocenters. The van der Waals surface area contributed by atoms with E-state index in [1.807, 2.05) is 108 Å². The van der Waals surface area contributed by atoms with Crippen molar-refractivity contribution in [1.29, 1.82) is 0 Å². The second-order valence-electron chi connectivity index (χ2n) is 18.9. The minimum Gasteiger partial charge on any atom is -0.462 e. The monoisotopic (exact) mass is 1000 g/mol.